The van der Waals surface area contributed by atoms with Crippen LogP contribution in [0.15, 0.2) is 24.8 Å². The number of hydrogen-bond donors (Lipinski definition) is 9. The van der Waals surface area contributed by atoms with Gasteiger partial charge in [-0.3, -0.25) is 32.5 Å². The molecule has 1 fully saturated rings. The molecule has 24 nitrogen and oxygen atoms in total. The minimum atomic E-state index is -5.57. The highest BCUT2D eigenvalue weighted by molar-refractivity contribution is 8.13. The molecule has 0 bridgehead atoms. The summed E-state index contributed by atoms with van der Waals surface area (Å²) in [5.74, 6) is -1.04. The largest absolute Gasteiger partial charge is 0.481 e. The van der Waals surface area contributed by atoms with Gasteiger partial charge < -0.3 is 50.9 Å². The molecular weight excluding hydrogens is 879 g/mol. The number of aliphatic hydroxyl groups is 2. The number of nitrogen functional groups attached to an aromatic ring is 1. The van der Waals surface area contributed by atoms with Crippen molar-refractivity contribution >= 4 is 69.1 Å². The lowest BCUT2D eigenvalue weighted by atomic mass is 9.87. The molecule has 2 aromatic rings. The number of ether oxygens (including phenoxy) is 1. The maximum atomic E-state index is 12.7. The fourth-order valence-corrected chi connectivity index (χ4v) is 9.09. The lowest BCUT2D eigenvalue weighted by Gasteiger charge is -2.30. The molecular formula is C32H54N7O17P3S. The summed E-state index contributed by atoms with van der Waals surface area (Å²) in [6, 6.07) is 0. The van der Waals surface area contributed by atoms with Crippen molar-refractivity contribution in [3.63, 3.8) is 0 Å². The van der Waals surface area contributed by atoms with E-state index in [1.54, 1.807) is 0 Å². The van der Waals surface area contributed by atoms with Crippen molar-refractivity contribution in [1.82, 2.24) is 30.2 Å². The fraction of sp³-hybridized carbons (Fsp3) is 0.688. The molecule has 0 aliphatic carbocycles. The average Bonchev–Trinajstić information content (AvgIpc) is 3.72. The van der Waals surface area contributed by atoms with E-state index < -0.39 is 84.6 Å². The maximum absolute atomic E-state index is 12.7. The molecule has 10 N–H and O–H groups in total. The predicted octanol–water partition coefficient (Wildman–Crippen LogP) is 1.97. The molecule has 0 saturated carbocycles. The minimum Gasteiger partial charge on any atom is -0.386 e. The second-order valence-electron chi connectivity index (χ2n) is 14.1. The monoisotopic (exact) mass is 933 g/mol. The van der Waals surface area contributed by atoms with Crippen molar-refractivity contribution in [2.75, 3.05) is 37.8 Å². The molecule has 1 saturated heterocycles. The summed E-state index contributed by atoms with van der Waals surface area (Å²) in [7, 11) is -16.4. The summed E-state index contributed by atoms with van der Waals surface area (Å²) in [5.41, 5.74) is 4.27. The number of phosphoric acid groups is 3. The Morgan fingerprint density at radius 1 is 1.00 bits per heavy atom. The zero-order valence-corrected chi connectivity index (χ0v) is 36.7. The van der Waals surface area contributed by atoms with E-state index in [9.17, 15) is 57.9 Å². The number of nitrogens with two attached hydrogens (primary N) is 1. The predicted molar refractivity (Wildman–Crippen MR) is 214 cm³/mol. The maximum Gasteiger partial charge on any atom is 0.481 e. The first-order chi connectivity index (χ1) is 28.1. The fourth-order valence-electron chi connectivity index (χ4n) is 5.54. The number of amides is 2. The third kappa shape index (κ3) is 17.2. The van der Waals surface area contributed by atoms with E-state index in [2.05, 4.69) is 53.5 Å². The van der Waals surface area contributed by atoms with Crippen LogP contribution in [-0.4, -0.2) is 123 Å². The molecule has 60 heavy (non-hydrogen) atoms. The zero-order valence-electron chi connectivity index (χ0n) is 33.2. The van der Waals surface area contributed by atoms with Crippen LogP contribution in [-0.2, 0) is 50.7 Å². The van der Waals surface area contributed by atoms with Gasteiger partial charge in [0.15, 0.2) is 22.8 Å². The summed E-state index contributed by atoms with van der Waals surface area (Å²) in [5, 5.41) is 26.5. The van der Waals surface area contributed by atoms with Gasteiger partial charge in [0, 0.05) is 37.1 Å². The molecule has 1 aliphatic rings. The standard InChI is InChI=1S/C32H54N7O17P3S/c1-4-5-6-7-8-9-10-11-12-23(41)60-16-15-34-22(40)13-14-35-30(44)27(43)32(2,3)18-53-59(50,51)56-58(48,49)52-17-21-26(55-57(45,46)47)25(42)31(54-21)39-20-38-24-28(33)36-19-37-29(24)39/h5-6,19-21,25-27,31,42-43H,4,7-18H2,1-3H3,(H,34,40)(H,35,44)(H,48,49)(H,50,51)(H2,33,36,37)(H2,45,46,47)/b6-5+. The number of carbonyl (C=O) groups is 3. The molecule has 2 amide bonds. The lowest BCUT2D eigenvalue weighted by Crippen LogP contribution is -2.46. The van der Waals surface area contributed by atoms with E-state index in [0.29, 0.717) is 12.2 Å². The van der Waals surface area contributed by atoms with Crippen LogP contribution in [0, 0.1) is 5.41 Å². The van der Waals surface area contributed by atoms with E-state index in [0.717, 1.165) is 67.5 Å². The number of unbranched alkanes of at least 4 members (excludes halogenated alkanes) is 4. The summed E-state index contributed by atoms with van der Waals surface area (Å²) < 4.78 is 62.2. The molecule has 0 spiro atoms. The number of nitrogens with zero attached hydrogens (tertiary/aromatic N) is 4. The highest BCUT2D eigenvalue weighted by Gasteiger charge is 2.50. The molecule has 7 atom stereocenters. The molecule has 0 radical (unpaired) electrons. The van der Waals surface area contributed by atoms with Crippen LogP contribution in [0.3, 0.4) is 0 Å². The van der Waals surface area contributed by atoms with Crippen molar-refractivity contribution in [3.8, 4) is 0 Å². The molecule has 2 aromatic heterocycles. The van der Waals surface area contributed by atoms with Crippen LogP contribution in [0.2, 0.25) is 0 Å². The first kappa shape index (κ1) is 51.6. The number of allylic oxidation sites excluding steroid dienone is 2. The van der Waals surface area contributed by atoms with Crippen LogP contribution in [0.1, 0.15) is 78.4 Å². The highest BCUT2D eigenvalue weighted by atomic mass is 32.2. The number of fused-ring (bicyclic) bond motifs is 1. The normalized spacial score (nSPS) is 21.1. The third-order valence-electron chi connectivity index (χ3n) is 8.67. The number of rotatable bonds is 27. The Hall–Kier alpha value is -2.70. The second-order valence-corrected chi connectivity index (χ2v) is 19.5. The molecule has 1 aliphatic heterocycles. The Balaban J connectivity index is 1.40. The number of nitrogens with one attached hydrogen (secondary N) is 2. The SMILES string of the molecule is CC/C=C/CCCCCCC(=O)SCCNC(=O)CCNC(=O)C(O)C(C)(C)COP(=O)(O)OP(=O)(O)OCC1OC(n2cnc3c(N)ncnc32)C(O)C1OP(=O)(O)O. The quantitative estimate of drug-likeness (QED) is 0.0351. The number of aliphatic hydroxyl groups excluding tert-OH is 2. The van der Waals surface area contributed by atoms with Crippen LogP contribution in [0.5, 0.6) is 0 Å². The number of aromatic nitrogens is 4. The summed E-state index contributed by atoms with van der Waals surface area (Å²) in [6.07, 6.45) is 3.89. The van der Waals surface area contributed by atoms with Crippen molar-refractivity contribution in [2.24, 2.45) is 5.41 Å². The van der Waals surface area contributed by atoms with Gasteiger partial charge in [0.25, 0.3) is 0 Å². The van der Waals surface area contributed by atoms with E-state index >= 15 is 0 Å². The smallest absolute Gasteiger partial charge is 0.386 e. The van der Waals surface area contributed by atoms with Gasteiger partial charge >= 0.3 is 23.5 Å². The number of hydrogen-bond acceptors (Lipinski definition) is 18. The van der Waals surface area contributed by atoms with Crippen molar-refractivity contribution in [2.45, 2.75) is 103 Å². The minimum absolute atomic E-state index is 0.0320. The summed E-state index contributed by atoms with van der Waals surface area (Å²) in [4.78, 5) is 87.9. The van der Waals surface area contributed by atoms with Crippen LogP contribution in [0.4, 0.5) is 5.82 Å². The number of imidazole rings is 1. The molecule has 7 unspecified atom stereocenters. The first-order valence-electron chi connectivity index (χ1n) is 18.8. The van der Waals surface area contributed by atoms with Gasteiger partial charge in [-0.15, -0.1) is 0 Å². The number of phosphoric ester groups is 3. The zero-order chi connectivity index (χ0) is 44.7. The molecule has 3 rings (SSSR count). The number of thioether (sulfide) groups is 1. The van der Waals surface area contributed by atoms with E-state index in [1.165, 1.54) is 13.8 Å². The Morgan fingerprint density at radius 3 is 2.40 bits per heavy atom. The van der Waals surface area contributed by atoms with Crippen LogP contribution >= 0.6 is 35.2 Å². The molecule has 340 valence electrons. The van der Waals surface area contributed by atoms with Crippen LogP contribution in [0.25, 0.3) is 11.2 Å². The van der Waals surface area contributed by atoms with Gasteiger partial charge in [-0.1, -0.05) is 57.5 Å². The van der Waals surface area contributed by atoms with E-state index in [4.69, 9.17) is 19.5 Å². The molecule has 3 heterocycles. The van der Waals surface area contributed by atoms with Crippen molar-refractivity contribution in [3.05, 3.63) is 24.8 Å². The van der Waals surface area contributed by atoms with E-state index in [-0.39, 0.29) is 41.6 Å². The van der Waals surface area contributed by atoms with E-state index in [1.807, 2.05) is 0 Å². The van der Waals surface area contributed by atoms with Gasteiger partial charge in [-0.05, 0) is 25.7 Å². The average molecular weight is 934 g/mol. The lowest BCUT2D eigenvalue weighted by molar-refractivity contribution is -0.137. The summed E-state index contributed by atoms with van der Waals surface area (Å²) in [6.45, 7) is 2.64. The summed E-state index contributed by atoms with van der Waals surface area (Å²) >= 11 is 1.13. The highest BCUT2D eigenvalue weighted by Crippen LogP contribution is 2.61. The molecule has 0 aromatic carbocycles. The van der Waals surface area contributed by atoms with Gasteiger partial charge in [0.05, 0.1) is 19.5 Å². The topological polar surface area (TPSA) is 364 Å². The van der Waals surface area contributed by atoms with Gasteiger partial charge in [0.1, 0.15) is 36.3 Å². The Bertz CT molecular complexity index is 1920. The second kappa shape index (κ2) is 23.7. The Kier molecular flexibility index (Phi) is 20.4. The van der Waals surface area contributed by atoms with Crippen LogP contribution < -0.4 is 16.4 Å². The van der Waals surface area contributed by atoms with Gasteiger partial charge in [-0.2, -0.15) is 4.31 Å². The van der Waals surface area contributed by atoms with Gasteiger partial charge in [-0.25, -0.2) is 28.6 Å². The number of anilines is 1. The Morgan fingerprint density at radius 2 is 1.70 bits per heavy atom. The number of carbonyl (C=O) groups excluding carboxylic acids is 3. The Labute approximate surface area is 349 Å². The van der Waals surface area contributed by atoms with Crippen molar-refractivity contribution < 1.29 is 80.5 Å². The van der Waals surface area contributed by atoms with Crippen molar-refractivity contribution in [1.29, 1.82) is 0 Å². The third-order valence-corrected chi connectivity index (χ3v) is 12.7. The first-order valence-corrected chi connectivity index (χ1v) is 24.3. The van der Waals surface area contributed by atoms with Gasteiger partial charge in [0.2, 0.25) is 11.8 Å². The molecule has 28 heteroatoms.